The lowest BCUT2D eigenvalue weighted by atomic mass is 10.1. The molecule has 2 heteroatoms. The standard InChI is InChI=1S/C16H24O2/c1-2-3-4-5-6-7-8-9-14-18-16-12-10-15(17)11-13-16/h2,10-13,17H,1,3-9,14H2. The van der Waals surface area contributed by atoms with Gasteiger partial charge in [-0.3, -0.25) is 0 Å². The van der Waals surface area contributed by atoms with Gasteiger partial charge in [-0.25, -0.2) is 0 Å². The summed E-state index contributed by atoms with van der Waals surface area (Å²) < 4.78 is 5.58. The molecule has 0 aliphatic carbocycles. The fourth-order valence-corrected chi connectivity index (χ4v) is 1.83. The number of ether oxygens (including phenoxy) is 1. The first-order chi connectivity index (χ1) is 8.83. The van der Waals surface area contributed by atoms with Crippen molar-refractivity contribution < 1.29 is 9.84 Å². The predicted octanol–water partition coefficient (Wildman–Crippen LogP) is 4.69. The van der Waals surface area contributed by atoms with Crippen LogP contribution in [0.1, 0.15) is 44.9 Å². The molecule has 0 aliphatic heterocycles. The average Bonchev–Trinajstić information content (AvgIpc) is 2.39. The fraction of sp³-hybridized carbons (Fsp3) is 0.500. The monoisotopic (exact) mass is 248 g/mol. The van der Waals surface area contributed by atoms with Gasteiger partial charge >= 0.3 is 0 Å². The second-order valence-electron chi connectivity index (χ2n) is 4.54. The number of hydrogen-bond acceptors (Lipinski definition) is 2. The van der Waals surface area contributed by atoms with Gasteiger partial charge in [-0.05, 0) is 43.5 Å². The maximum Gasteiger partial charge on any atom is 0.119 e. The lowest BCUT2D eigenvalue weighted by molar-refractivity contribution is 0.304. The number of aromatic hydroxyl groups is 1. The summed E-state index contributed by atoms with van der Waals surface area (Å²) >= 11 is 0. The third-order valence-corrected chi connectivity index (χ3v) is 2.91. The van der Waals surface area contributed by atoms with E-state index in [0.717, 1.165) is 25.2 Å². The normalized spacial score (nSPS) is 10.2. The molecule has 0 saturated heterocycles. The van der Waals surface area contributed by atoms with Gasteiger partial charge in [0.25, 0.3) is 0 Å². The second-order valence-corrected chi connectivity index (χ2v) is 4.54. The Bertz CT molecular complexity index is 316. The number of allylic oxidation sites excluding steroid dienone is 1. The maximum absolute atomic E-state index is 9.13. The van der Waals surface area contributed by atoms with Crippen LogP contribution in [0.5, 0.6) is 11.5 Å². The molecule has 0 spiro atoms. The molecule has 0 saturated carbocycles. The molecule has 0 heterocycles. The average molecular weight is 248 g/mol. The molecule has 0 unspecified atom stereocenters. The van der Waals surface area contributed by atoms with E-state index in [0.29, 0.717) is 0 Å². The van der Waals surface area contributed by atoms with Crippen LogP contribution < -0.4 is 4.74 Å². The minimum atomic E-state index is 0.280. The maximum atomic E-state index is 9.13. The zero-order valence-corrected chi connectivity index (χ0v) is 11.1. The van der Waals surface area contributed by atoms with E-state index in [1.54, 1.807) is 24.3 Å². The highest BCUT2D eigenvalue weighted by Gasteiger charge is 1.95. The van der Waals surface area contributed by atoms with Crippen LogP contribution in [0.2, 0.25) is 0 Å². The SMILES string of the molecule is C=CCCCCCCCCOc1ccc(O)cc1. The number of phenolic OH excluding ortho intramolecular Hbond substituents is 1. The Morgan fingerprint density at radius 3 is 2.22 bits per heavy atom. The van der Waals surface area contributed by atoms with E-state index in [1.807, 2.05) is 6.08 Å². The lowest BCUT2D eigenvalue weighted by Crippen LogP contribution is -1.96. The number of phenols is 1. The van der Waals surface area contributed by atoms with Crippen LogP contribution in [0.15, 0.2) is 36.9 Å². The Hall–Kier alpha value is -1.44. The first-order valence-electron chi connectivity index (χ1n) is 6.85. The van der Waals surface area contributed by atoms with Gasteiger partial charge in [0.15, 0.2) is 0 Å². The highest BCUT2D eigenvalue weighted by atomic mass is 16.5. The Morgan fingerprint density at radius 1 is 0.944 bits per heavy atom. The molecule has 0 aliphatic rings. The minimum Gasteiger partial charge on any atom is -0.508 e. The molecule has 0 atom stereocenters. The van der Waals surface area contributed by atoms with Gasteiger partial charge in [0.2, 0.25) is 0 Å². The molecule has 1 rings (SSSR count). The Balaban J connectivity index is 1.92. The van der Waals surface area contributed by atoms with Crippen LogP contribution in [-0.2, 0) is 0 Å². The fourth-order valence-electron chi connectivity index (χ4n) is 1.83. The summed E-state index contributed by atoms with van der Waals surface area (Å²) in [6, 6.07) is 6.89. The van der Waals surface area contributed by atoms with E-state index in [2.05, 4.69) is 6.58 Å². The van der Waals surface area contributed by atoms with Crippen LogP contribution in [0.4, 0.5) is 0 Å². The molecule has 1 aromatic rings. The summed E-state index contributed by atoms with van der Waals surface area (Å²) in [5, 5.41) is 9.13. The number of unbranched alkanes of at least 4 members (excludes halogenated alkanes) is 6. The van der Waals surface area contributed by atoms with Crippen LogP contribution >= 0.6 is 0 Å². The summed E-state index contributed by atoms with van der Waals surface area (Å²) in [6.07, 6.45) is 10.6. The van der Waals surface area contributed by atoms with E-state index in [-0.39, 0.29) is 5.75 Å². The van der Waals surface area contributed by atoms with Gasteiger partial charge in [0.1, 0.15) is 11.5 Å². The molecular weight excluding hydrogens is 224 g/mol. The van der Waals surface area contributed by atoms with E-state index >= 15 is 0 Å². The van der Waals surface area contributed by atoms with Crippen molar-refractivity contribution in [1.82, 2.24) is 0 Å². The van der Waals surface area contributed by atoms with Gasteiger partial charge < -0.3 is 9.84 Å². The second kappa shape index (κ2) is 9.58. The third kappa shape index (κ3) is 7.00. The molecule has 0 bridgehead atoms. The van der Waals surface area contributed by atoms with E-state index in [9.17, 15) is 0 Å². The van der Waals surface area contributed by atoms with Crippen molar-refractivity contribution in [3.8, 4) is 11.5 Å². The zero-order valence-electron chi connectivity index (χ0n) is 11.1. The first kappa shape index (κ1) is 14.6. The smallest absolute Gasteiger partial charge is 0.119 e. The van der Waals surface area contributed by atoms with Gasteiger partial charge in [0, 0.05) is 0 Å². The molecule has 18 heavy (non-hydrogen) atoms. The predicted molar refractivity (Wildman–Crippen MR) is 76.1 cm³/mol. The van der Waals surface area contributed by atoms with E-state index < -0.39 is 0 Å². The first-order valence-corrected chi connectivity index (χ1v) is 6.85. The van der Waals surface area contributed by atoms with Gasteiger partial charge in [0.05, 0.1) is 6.61 Å². The van der Waals surface area contributed by atoms with Crippen molar-refractivity contribution in [2.45, 2.75) is 44.9 Å². The highest BCUT2D eigenvalue weighted by molar-refractivity contribution is 5.29. The summed E-state index contributed by atoms with van der Waals surface area (Å²) in [4.78, 5) is 0. The molecule has 0 fully saturated rings. The Kier molecular flexibility index (Phi) is 7.78. The van der Waals surface area contributed by atoms with Crippen molar-refractivity contribution in [3.05, 3.63) is 36.9 Å². The van der Waals surface area contributed by atoms with E-state index in [4.69, 9.17) is 9.84 Å². The summed E-state index contributed by atoms with van der Waals surface area (Å²) in [5.41, 5.74) is 0. The third-order valence-electron chi connectivity index (χ3n) is 2.91. The molecule has 100 valence electrons. The summed E-state index contributed by atoms with van der Waals surface area (Å²) in [5.74, 6) is 1.11. The molecule has 0 amide bonds. The van der Waals surface area contributed by atoms with E-state index in [1.165, 1.54) is 32.1 Å². The van der Waals surface area contributed by atoms with Crippen LogP contribution in [0.25, 0.3) is 0 Å². The molecule has 0 radical (unpaired) electrons. The Labute approximate surface area is 110 Å². The number of hydrogen-bond donors (Lipinski definition) is 1. The number of benzene rings is 1. The van der Waals surface area contributed by atoms with Crippen LogP contribution in [0, 0.1) is 0 Å². The van der Waals surface area contributed by atoms with Crippen molar-refractivity contribution in [1.29, 1.82) is 0 Å². The Morgan fingerprint density at radius 2 is 1.56 bits per heavy atom. The quantitative estimate of drug-likeness (QED) is 0.481. The van der Waals surface area contributed by atoms with Crippen LogP contribution in [0.3, 0.4) is 0 Å². The molecular formula is C16H24O2. The largest absolute Gasteiger partial charge is 0.508 e. The highest BCUT2D eigenvalue weighted by Crippen LogP contribution is 2.16. The zero-order chi connectivity index (χ0) is 13.1. The van der Waals surface area contributed by atoms with Gasteiger partial charge in [-0.1, -0.05) is 31.8 Å². The minimum absolute atomic E-state index is 0.280. The topological polar surface area (TPSA) is 29.5 Å². The van der Waals surface area contributed by atoms with Crippen molar-refractivity contribution in [2.24, 2.45) is 0 Å². The molecule has 2 nitrogen and oxygen atoms in total. The summed E-state index contributed by atoms with van der Waals surface area (Å²) in [7, 11) is 0. The van der Waals surface area contributed by atoms with Gasteiger partial charge in [-0.15, -0.1) is 6.58 Å². The van der Waals surface area contributed by atoms with Crippen LogP contribution in [-0.4, -0.2) is 11.7 Å². The van der Waals surface area contributed by atoms with Crippen molar-refractivity contribution >= 4 is 0 Å². The number of rotatable bonds is 10. The lowest BCUT2D eigenvalue weighted by Gasteiger charge is -2.06. The van der Waals surface area contributed by atoms with Crippen molar-refractivity contribution in [2.75, 3.05) is 6.61 Å². The molecule has 1 N–H and O–H groups in total. The molecule has 1 aromatic carbocycles. The van der Waals surface area contributed by atoms with Crippen molar-refractivity contribution in [3.63, 3.8) is 0 Å². The molecule has 0 aromatic heterocycles. The van der Waals surface area contributed by atoms with Gasteiger partial charge in [-0.2, -0.15) is 0 Å². The summed E-state index contributed by atoms with van der Waals surface area (Å²) in [6.45, 7) is 4.48.